The summed E-state index contributed by atoms with van der Waals surface area (Å²) in [6, 6.07) is 3.05. The molecule has 0 aromatic carbocycles. The van der Waals surface area contributed by atoms with Crippen molar-refractivity contribution in [1.29, 1.82) is 0 Å². The first-order chi connectivity index (χ1) is 7.50. The maximum Gasteiger partial charge on any atom is 0.337 e. The summed E-state index contributed by atoms with van der Waals surface area (Å²) in [5, 5.41) is 21.2. The van der Waals surface area contributed by atoms with E-state index in [0.29, 0.717) is 12.4 Å². The molecule has 0 spiro atoms. The summed E-state index contributed by atoms with van der Waals surface area (Å²) in [6.07, 6.45) is 0.841. The molecule has 0 bridgehead atoms. The third-order valence-corrected chi connectivity index (χ3v) is 2.27. The molecule has 0 fully saturated rings. The fourth-order valence-corrected chi connectivity index (χ4v) is 1.07. The van der Waals surface area contributed by atoms with E-state index in [1.54, 1.807) is 6.07 Å². The molecule has 0 aliphatic rings. The molecule has 0 aliphatic carbocycles. The molecular weight excluding hydrogens is 208 g/mol. The van der Waals surface area contributed by atoms with Gasteiger partial charge in [-0.2, -0.15) is 0 Å². The number of anilines is 1. The number of carboxylic acids is 1. The van der Waals surface area contributed by atoms with Crippen molar-refractivity contribution in [3.63, 3.8) is 0 Å². The Hall–Kier alpha value is -1.62. The van der Waals surface area contributed by atoms with Crippen molar-refractivity contribution in [2.45, 2.75) is 20.0 Å². The monoisotopic (exact) mass is 224 g/mol. The lowest BCUT2D eigenvalue weighted by molar-refractivity contribution is 0.0696. The van der Waals surface area contributed by atoms with Gasteiger partial charge < -0.3 is 15.5 Å². The molecule has 5 nitrogen and oxygen atoms in total. The van der Waals surface area contributed by atoms with Gasteiger partial charge in [-0.1, -0.05) is 13.8 Å². The average Bonchev–Trinajstić information content (AvgIpc) is 2.26. The van der Waals surface area contributed by atoms with Crippen LogP contribution in [0.2, 0.25) is 0 Å². The van der Waals surface area contributed by atoms with Gasteiger partial charge in [-0.15, -0.1) is 0 Å². The minimum Gasteiger partial charge on any atom is -0.478 e. The predicted molar refractivity (Wildman–Crippen MR) is 60.5 cm³/mol. The van der Waals surface area contributed by atoms with Gasteiger partial charge in [0.25, 0.3) is 0 Å². The standard InChI is InChI=1S/C11H16N2O3/c1-7(2)9(14)6-13-10-4-3-8(5-12-10)11(15)16/h3-5,7,9,14H,6H2,1-2H3,(H,12,13)(H,15,16). The number of carbonyl (C=O) groups is 1. The Morgan fingerprint density at radius 1 is 1.50 bits per heavy atom. The number of aromatic nitrogens is 1. The number of aliphatic hydroxyl groups excluding tert-OH is 1. The maximum atomic E-state index is 10.6. The van der Waals surface area contributed by atoms with Crippen molar-refractivity contribution in [1.82, 2.24) is 4.98 Å². The van der Waals surface area contributed by atoms with Crippen molar-refractivity contribution >= 4 is 11.8 Å². The number of rotatable bonds is 5. The van der Waals surface area contributed by atoms with Gasteiger partial charge in [0.2, 0.25) is 0 Å². The summed E-state index contributed by atoms with van der Waals surface area (Å²) in [5.74, 6) is -0.267. The molecule has 3 N–H and O–H groups in total. The van der Waals surface area contributed by atoms with Crippen LogP contribution in [0.1, 0.15) is 24.2 Å². The summed E-state index contributed by atoms with van der Waals surface area (Å²) >= 11 is 0. The summed E-state index contributed by atoms with van der Waals surface area (Å²) in [6.45, 7) is 4.25. The van der Waals surface area contributed by atoms with Gasteiger partial charge in [-0.25, -0.2) is 9.78 Å². The Bertz CT molecular complexity index is 349. The van der Waals surface area contributed by atoms with Crippen LogP contribution in [0.25, 0.3) is 0 Å². The second-order valence-corrected chi connectivity index (χ2v) is 3.93. The zero-order chi connectivity index (χ0) is 12.1. The molecule has 88 valence electrons. The van der Waals surface area contributed by atoms with Gasteiger partial charge in [0, 0.05) is 12.7 Å². The Labute approximate surface area is 94.1 Å². The zero-order valence-corrected chi connectivity index (χ0v) is 9.34. The van der Waals surface area contributed by atoms with E-state index in [0.717, 1.165) is 0 Å². The van der Waals surface area contributed by atoms with E-state index in [4.69, 9.17) is 5.11 Å². The third-order valence-electron chi connectivity index (χ3n) is 2.27. The molecule has 1 aromatic rings. The first-order valence-corrected chi connectivity index (χ1v) is 5.12. The normalized spacial score (nSPS) is 12.5. The lowest BCUT2D eigenvalue weighted by Crippen LogP contribution is -2.25. The molecule has 0 saturated heterocycles. The zero-order valence-electron chi connectivity index (χ0n) is 9.34. The summed E-state index contributed by atoms with van der Waals surface area (Å²) in [5.41, 5.74) is 0.148. The molecular formula is C11H16N2O3. The maximum absolute atomic E-state index is 10.6. The molecule has 0 radical (unpaired) electrons. The SMILES string of the molecule is CC(C)C(O)CNc1ccc(C(=O)O)cn1. The van der Waals surface area contributed by atoms with Crippen LogP contribution in [0.5, 0.6) is 0 Å². The molecule has 1 unspecified atom stereocenters. The van der Waals surface area contributed by atoms with Crippen LogP contribution in [-0.4, -0.2) is 33.8 Å². The minimum absolute atomic E-state index is 0.148. The van der Waals surface area contributed by atoms with Gasteiger partial charge in [0.15, 0.2) is 0 Å². The van der Waals surface area contributed by atoms with Crippen molar-refractivity contribution < 1.29 is 15.0 Å². The van der Waals surface area contributed by atoms with E-state index < -0.39 is 12.1 Å². The second-order valence-electron chi connectivity index (χ2n) is 3.93. The van der Waals surface area contributed by atoms with Gasteiger partial charge in [0.05, 0.1) is 11.7 Å². The van der Waals surface area contributed by atoms with Crippen LogP contribution >= 0.6 is 0 Å². The molecule has 0 saturated carbocycles. The van der Waals surface area contributed by atoms with Gasteiger partial charge in [0.1, 0.15) is 5.82 Å². The molecule has 1 rings (SSSR count). The highest BCUT2D eigenvalue weighted by Crippen LogP contribution is 2.07. The Morgan fingerprint density at radius 2 is 2.19 bits per heavy atom. The minimum atomic E-state index is -0.999. The highest BCUT2D eigenvalue weighted by molar-refractivity contribution is 5.87. The third kappa shape index (κ3) is 3.51. The summed E-state index contributed by atoms with van der Waals surface area (Å²) < 4.78 is 0. The number of aliphatic hydroxyl groups is 1. The molecule has 0 amide bonds. The fourth-order valence-electron chi connectivity index (χ4n) is 1.07. The highest BCUT2D eigenvalue weighted by atomic mass is 16.4. The van der Waals surface area contributed by atoms with Crippen LogP contribution in [0.3, 0.4) is 0 Å². The number of nitrogens with one attached hydrogen (secondary N) is 1. The number of hydrogen-bond donors (Lipinski definition) is 3. The van der Waals surface area contributed by atoms with Crippen LogP contribution in [0, 0.1) is 5.92 Å². The first-order valence-electron chi connectivity index (χ1n) is 5.12. The van der Waals surface area contributed by atoms with Crippen molar-refractivity contribution in [3.8, 4) is 0 Å². The lowest BCUT2D eigenvalue weighted by Gasteiger charge is -2.15. The van der Waals surface area contributed by atoms with Crippen LogP contribution in [0.15, 0.2) is 18.3 Å². The summed E-state index contributed by atoms with van der Waals surface area (Å²) in [7, 11) is 0. The molecule has 1 aromatic heterocycles. The Kier molecular flexibility index (Phi) is 4.25. The second kappa shape index (κ2) is 5.46. The lowest BCUT2D eigenvalue weighted by atomic mass is 10.1. The average molecular weight is 224 g/mol. The number of carboxylic acid groups (broad SMARTS) is 1. The van der Waals surface area contributed by atoms with Crippen molar-refractivity contribution in [2.24, 2.45) is 5.92 Å². The quantitative estimate of drug-likeness (QED) is 0.700. The molecule has 5 heteroatoms. The van der Waals surface area contributed by atoms with Crippen LogP contribution < -0.4 is 5.32 Å². The topological polar surface area (TPSA) is 82.5 Å². The van der Waals surface area contributed by atoms with Crippen LogP contribution in [0.4, 0.5) is 5.82 Å². The molecule has 0 aliphatic heterocycles. The predicted octanol–water partition coefficient (Wildman–Crippen LogP) is 1.21. The number of hydrogen-bond acceptors (Lipinski definition) is 4. The molecule has 16 heavy (non-hydrogen) atoms. The Balaban J connectivity index is 2.53. The van der Waals surface area contributed by atoms with E-state index in [-0.39, 0.29) is 11.5 Å². The first kappa shape index (κ1) is 12.4. The van der Waals surface area contributed by atoms with Gasteiger partial charge in [-0.3, -0.25) is 0 Å². The van der Waals surface area contributed by atoms with Crippen molar-refractivity contribution in [2.75, 3.05) is 11.9 Å². The largest absolute Gasteiger partial charge is 0.478 e. The van der Waals surface area contributed by atoms with Gasteiger partial charge >= 0.3 is 5.97 Å². The summed E-state index contributed by atoms with van der Waals surface area (Å²) in [4.78, 5) is 14.5. The Morgan fingerprint density at radius 3 is 2.62 bits per heavy atom. The van der Waals surface area contributed by atoms with E-state index in [9.17, 15) is 9.90 Å². The molecule has 1 atom stereocenters. The fraction of sp³-hybridized carbons (Fsp3) is 0.455. The highest BCUT2D eigenvalue weighted by Gasteiger charge is 2.09. The van der Waals surface area contributed by atoms with Crippen molar-refractivity contribution in [3.05, 3.63) is 23.9 Å². The number of nitrogens with zero attached hydrogens (tertiary/aromatic N) is 1. The number of pyridine rings is 1. The molecule has 1 heterocycles. The number of aromatic carboxylic acids is 1. The smallest absolute Gasteiger partial charge is 0.337 e. The van der Waals surface area contributed by atoms with E-state index >= 15 is 0 Å². The van der Waals surface area contributed by atoms with E-state index in [1.165, 1.54) is 12.3 Å². The van der Waals surface area contributed by atoms with Crippen LogP contribution in [-0.2, 0) is 0 Å². The van der Waals surface area contributed by atoms with E-state index in [2.05, 4.69) is 10.3 Å². The van der Waals surface area contributed by atoms with E-state index in [1.807, 2.05) is 13.8 Å². The van der Waals surface area contributed by atoms with Gasteiger partial charge in [-0.05, 0) is 18.1 Å².